The van der Waals surface area contributed by atoms with Crippen molar-refractivity contribution in [2.45, 2.75) is 0 Å². The second kappa shape index (κ2) is 3.60. The fourth-order valence-electron chi connectivity index (χ4n) is 1.13. The van der Waals surface area contributed by atoms with Gasteiger partial charge in [-0.15, -0.1) is 4.91 Å². The molecule has 0 aliphatic rings. The van der Waals surface area contributed by atoms with E-state index >= 15 is 0 Å². The first-order valence-corrected chi connectivity index (χ1v) is 4.60. The van der Waals surface area contributed by atoms with Crippen LogP contribution in [0.5, 0.6) is 0 Å². The molecule has 1 aromatic heterocycles. The van der Waals surface area contributed by atoms with E-state index < -0.39 is 11.4 Å². The molecule has 0 radical (unpaired) electrons. The predicted molar refractivity (Wildman–Crippen MR) is 57.8 cm³/mol. The Morgan fingerprint density at radius 1 is 1.27 bits per heavy atom. The van der Waals surface area contributed by atoms with Gasteiger partial charge in [0.25, 0.3) is 11.4 Å². The Bertz CT molecular complexity index is 609. The minimum atomic E-state index is -0.657. The Labute approximate surface area is 93.0 Å². The average Bonchev–Trinajstić information content (AvgIpc) is 2.20. The van der Waals surface area contributed by atoms with E-state index in [9.17, 15) is 9.70 Å². The summed E-state index contributed by atoms with van der Waals surface area (Å²) in [6, 6.07) is 2.91. The summed E-state index contributed by atoms with van der Waals surface area (Å²) in [5.74, 6) is -0.430. The summed E-state index contributed by atoms with van der Waals surface area (Å²) in [7, 11) is 0. The molecule has 0 aliphatic carbocycles. The van der Waals surface area contributed by atoms with E-state index in [1.807, 2.05) is 0 Å². The molecule has 0 unspecified atom stereocenters. The van der Waals surface area contributed by atoms with Gasteiger partial charge in [-0.25, -0.2) is 4.98 Å². The van der Waals surface area contributed by atoms with Crippen LogP contribution in [-0.2, 0) is 0 Å². The zero-order valence-electron chi connectivity index (χ0n) is 7.12. The normalized spacial score (nSPS) is 10.5. The number of nitroso groups, excluding NO2 is 1. The van der Waals surface area contributed by atoms with Crippen molar-refractivity contribution in [3.05, 3.63) is 37.4 Å². The smallest absolute Gasteiger partial charge is 0.297 e. The van der Waals surface area contributed by atoms with Gasteiger partial charge in [0.05, 0.1) is 21.1 Å². The molecule has 1 aromatic carbocycles. The van der Waals surface area contributed by atoms with Crippen LogP contribution in [-0.4, -0.2) is 9.97 Å². The Kier molecular flexibility index (Phi) is 2.42. The molecule has 2 rings (SSSR count). The number of aromatic nitrogens is 2. The van der Waals surface area contributed by atoms with Gasteiger partial charge in [-0.05, 0) is 17.3 Å². The highest BCUT2D eigenvalue weighted by Gasteiger charge is 2.07. The molecule has 15 heavy (non-hydrogen) atoms. The maximum atomic E-state index is 11.2. The maximum absolute atomic E-state index is 11.2. The van der Waals surface area contributed by atoms with Crippen molar-refractivity contribution in [2.24, 2.45) is 5.18 Å². The first-order chi connectivity index (χ1) is 7.11. The van der Waals surface area contributed by atoms with E-state index in [0.717, 1.165) is 0 Å². The maximum Gasteiger partial charge on any atom is 0.297 e. The lowest BCUT2D eigenvalue weighted by Gasteiger charge is -1.99. The van der Waals surface area contributed by atoms with Crippen molar-refractivity contribution in [3.63, 3.8) is 0 Å². The molecule has 1 N–H and O–H groups in total. The van der Waals surface area contributed by atoms with Gasteiger partial charge in [-0.1, -0.05) is 23.2 Å². The number of halogens is 2. The Morgan fingerprint density at radius 2 is 1.93 bits per heavy atom. The summed E-state index contributed by atoms with van der Waals surface area (Å²) < 4.78 is 0. The fraction of sp³-hybridized carbons (Fsp3) is 0. The zero-order chi connectivity index (χ0) is 11.0. The number of rotatable bonds is 1. The quantitative estimate of drug-likeness (QED) is 0.783. The number of aromatic amines is 1. The molecule has 0 fully saturated rings. The second-order valence-corrected chi connectivity index (χ2v) is 3.58. The molecule has 0 amide bonds. The van der Waals surface area contributed by atoms with Crippen LogP contribution in [0.2, 0.25) is 10.0 Å². The lowest BCUT2D eigenvalue weighted by molar-refractivity contribution is 1.18. The number of hydrogen-bond donors (Lipinski definition) is 1. The van der Waals surface area contributed by atoms with E-state index in [2.05, 4.69) is 15.1 Å². The van der Waals surface area contributed by atoms with Crippen molar-refractivity contribution in [3.8, 4) is 0 Å². The van der Waals surface area contributed by atoms with Crippen LogP contribution in [0.25, 0.3) is 11.0 Å². The van der Waals surface area contributed by atoms with Crippen LogP contribution in [0.15, 0.2) is 22.1 Å². The first kappa shape index (κ1) is 10.1. The van der Waals surface area contributed by atoms with E-state index in [1.165, 1.54) is 12.1 Å². The summed E-state index contributed by atoms with van der Waals surface area (Å²) in [4.78, 5) is 27.6. The third-order valence-corrected chi connectivity index (χ3v) is 2.52. The van der Waals surface area contributed by atoms with Gasteiger partial charge in [-0.2, -0.15) is 0 Å². The van der Waals surface area contributed by atoms with Crippen LogP contribution in [0.4, 0.5) is 5.82 Å². The Morgan fingerprint density at radius 3 is 2.60 bits per heavy atom. The first-order valence-electron chi connectivity index (χ1n) is 3.84. The summed E-state index contributed by atoms with van der Waals surface area (Å²) >= 11 is 11.5. The zero-order valence-corrected chi connectivity index (χ0v) is 8.63. The van der Waals surface area contributed by atoms with Crippen molar-refractivity contribution < 1.29 is 0 Å². The third kappa shape index (κ3) is 1.71. The average molecular weight is 244 g/mol. The molecule has 0 aliphatic heterocycles. The minimum absolute atomic E-state index is 0.292. The largest absolute Gasteiger partial charge is 0.317 e. The van der Waals surface area contributed by atoms with E-state index in [1.54, 1.807) is 0 Å². The molecule has 1 heterocycles. The van der Waals surface area contributed by atoms with E-state index in [0.29, 0.717) is 21.1 Å². The molecule has 0 spiro atoms. The van der Waals surface area contributed by atoms with Crippen LogP contribution in [0.3, 0.4) is 0 Å². The Balaban J connectivity index is 2.88. The Hall–Kier alpha value is -1.46. The molecule has 7 heteroatoms. The van der Waals surface area contributed by atoms with E-state index in [4.69, 9.17) is 23.2 Å². The van der Waals surface area contributed by atoms with Crippen LogP contribution in [0, 0.1) is 4.91 Å². The summed E-state index contributed by atoms with van der Waals surface area (Å²) in [6.45, 7) is 0. The molecule has 2 aromatic rings. The van der Waals surface area contributed by atoms with Crippen molar-refractivity contribution in [1.29, 1.82) is 0 Å². The molecule has 76 valence electrons. The highest BCUT2D eigenvalue weighted by atomic mass is 35.5. The highest BCUT2D eigenvalue weighted by molar-refractivity contribution is 6.42. The monoisotopic (exact) mass is 243 g/mol. The number of benzene rings is 1. The number of H-pyrrole nitrogens is 1. The number of hydrogen-bond acceptors (Lipinski definition) is 4. The predicted octanol–water partition coefficient (Wildman–Crippen LogP) is 2.63. The second-order valence-electron chi connectivity index (χ2n) is 2.76. The molecule has 0 bridgehead atoms. The molecule has 0 saturated heterocycles. The van der Waals surface area contributed by atoms with Gasteiger partial charge < -0.3 is 4.98 Å². The van der Waals surface area contributed by atoms with Crippen LogP contribution < -0.4 is 5.56 Å². The number of fused-ring (bicyclic) bond motifs is 1. The van der Waals surface area contributed by atoms with Gasteiger partial charge in [0, 0.05) is 0 Å². The molecule has 0 saturated carbocycles. The fourth-order valence-corrected chi connectivity index (χ4v) is 1.46. The van der Waals surface area contributed by atoms with Crippen molar-refractivity contribution in [2.75, 3.05) is 0 Å². The molecule has 5 nitrogen and oxygen atoms in total. The van der Waals surface area contributed by atoms with Gasteiger partial charge in [0.15, 0.2) is 0 Å². The SMILES string of the molecule is O=Nc1nc2cc(Cl)c(Cl)cc2[nH]c1=O. The van der Waals surface area contributed by atoms with Crippen molar-refractivity contribution in [1.82, 2.24) is 9.97 Å². The minimum Gasteiger partial charge on any atom is -0.317 e. The summed E-state index contributed by atoms with van der Waals surface area (Å²) in [6.07, 6.45) is 0. The topological polar surface area (TPSA) is 75.2 Å². The van der Waals surface area contributed by atoms with Gasteiger partial charge in [0.2, 0.25) is 0 Å². The third-order valence-electron chi connectivity index (χ3n) is 1.80. The van der Waals surface area contributed by atoms with Crippen LogP contribution >= 0.6 is 23.2 Å². The van der Waals surface area contributed by atoms with Gasteiger partial charge in [-0.3, -0.25) is 4.79 Å². The van der Waals surface area contributed by atoms with E-state index in [-0.39, 0.29) is 0 Å². The standard InChI is InChI=1S/C8H3Cl2N3O2/c9-3-1-5-6(2-4(3)10)12-8(14)7(11-5)13-15/h1-2H,(H,12,14). The van der Waals surface area contributed by atoms with Crippen LogP contribution in [0.1, 0.15) is 0 Å². The highest BCUT2D eigenvalue weighted by Crippen LogP contribution is 2.25. The molecular weight excluding hydrogens is 241 g/mol. The summed E-state index contributed by atoms with van der Waals surface area (Å²) in [5, 5.41) is 3.08. The summed E-state index contributed by atoms with van der Waals surface area (Å²) in [5.41, 5.74) is 0.108. The van der Waals surface area contributed by atoms with Crippen molar-refractivity contribution >= 4 is 40.1 Å². The lowest BCUT2D eigenvalue weighted by Crippen LogP contribution is -2.06. The number of nitrogens with one attached hydrogen (secondary N) is 1. The number of nitrogens with zero attached hydrogens (tertiary/aromatic N) is 2. The lowest BCUT2D eigenvalue weighted by atomic mass is 10.3. The molecule has 0 atom stereocenters. The molecular formula is C8H3Cl2N3O2. The van der Waals surface area contributed by atoms with Gasteiger partial charge in [0.1, 0.15) is 0 Å². The van der Waals surface area contributed by atoms with Gasteiger partial charge >= 0.3 is 0 Å².